The van der Waals surface area contributed by atoms with Crippen LogP contribution in [-0.2, 0) is 12.8 Å². The average molecular weight is 534 g/mol. The quantitative estimate of drug-likeness (QED) is 0.323. The summed E-state index contributed by atoms with van der Waals surface area (Å²) in [4.78, 5) is 13.8. The molecule has 5 rings (SSSR count). The van der Waals surface area contributed by atoms with Gasteiger partial charge in [0.2, 0.25) is 6.43 Å². The number of allylic oxidation sites excluding steroid dienone is 1. The molecule has 1 aliphatic carbocycles. The number of carbonyl (C=O) groups is 1. The van der Waals surface area contributed by atoms with Crippen molar-refractivity contribution in [3.63, 3.8) is 0 Å². The Bertz CT molecular complexity index is 1380. The van der Waals surface area contributed by atoms with Crippen molar-refractivity contribution in [2.24, 2.45) is 5.92 Å². The lowest BCUT2D eigenvalue weighted by atomic mass is 9.85. The molecule has 1 heterocycles. The second-order valence-corrected chi connectivity index (χ2v) is 10.9. The van der Waals surface area contributed by atoms with Crippen LogP contribution in [0.2, 0.25) is 0 Å². The third kappa shape index (κ3) is 6.27. The topological polar surface area (TPSA) is 40.5 Å². The van der Waals surface area contributed by atoms with E-state index in [9.17, 15) is 23.1 Å². The molecule has 1 fully saturated rings. The van der Waals surface area contributed by atoms with Gasteiger partial charge in [0.25, 0.3) is 0 Å². The van der Waals surface area contributed by atoms with E-state index in [2.05, 4.69) is 29.2 Å². The van der Waals surface area contributed by atoms with Crippen LogP contribution >= 0.6 is 0 Å². The molecule has 1 N–H and O–H groups in total. The molecule has 6 heteroatoms. The van der Waals surface area contributed by atoms with Gasteiger partial charge >= 0.3 is 5.97 Å². The molecule has 1 saturated heterocycles. The minimum absolute atomic E-state index is 0.0676. The van der Waals surface area contributed by atoms with E-state index in [0.717, 1.165) is 84.2 Å². The molecule has 0 radical (unpaired) electrons. The molecule has 0 spiro atoms. The molecule has 0 saturated carbocycles. The number of carboxylic acids is 1. The number of aryl methyl sites for hydroxylation is 2. The van der Waals surface area contributed by atoms with E-state index >= 15 is 0 Å². The van der Waals surface area contributed by atoms with E-state index < -0.39 is 12.4 Å². The van der Waals surface area contributed by atoms with Gasteiger partial charge in [0.05, 0.1) is 5.56 Å². The lowest BCUT2D eigenvalue weighted by Gasteiger charge is -2.19. The molecule has 3 aromatic carbocycles. The molecule has 1 atom stereocenters. The van der Waals surface area contributed by atoms with Crippen LogP contribution in [0.25, 0.3) is 11.1 Å². The van der Waals surface area contributed by atoms with Crippen LogP contribution in [-0.4, -0.2) is 42.0 Å². The second kappa shape index (κ2) is 11.8. The molecule has 3 aromatic rings. The van der Waals surface area contributed by atoms with Gasteiger partial charge in [-0.05, 0) is 120 Å². The van der Waals surface area contributed by atoms with Crippen molar-refractivity contribution in [2.75, 3.05) is 19.6 Å². The Balaban J connectivity index is 1.48. The third-order valence-corrected chi connectivity index (χ3v) is 8.11. The van der Waals surface area contributed by atoms with Gasteiger partial charge in [0.1, 0.15) is 5.82 Å². The molecule has 204 valence electrons. The van der Waals surface area contributed by atoms with Crippen LogP contribution in [0.4, 0.5) is 13.2 Å². The SMILES string of the molecule is Cc1cc(F)ccc1C1=C(c2ccc(CC3CCN(CCC(F)F)C3)cc2)c2ccc(C(=O)O)cc2CCC1. The Morgan fingerprint density at radius 2 is 1.79 bits per heavy atom. The Morgan fingerprint density at radius 3 is 2.51 bits per heavy atom. The molecule has 39 heavy (non-hydrogen) atoms. The summed E-state index contributed by atoms with van der Waals surface area (Å²) in [6, 6.07) is 18.8. The summed E-state index contributed by atoms with van der Waals surface area (Å²) in [6.45, 7) is 4.11. The Hall–Kier alpha value is -3.38. The molecule has 0 bridgehead atoms. The molecule has 1 unspecified atom stereocenters. The first-order chi connectivity index (χ1) is 18.8. The lowest BCUT2D eigenvalue weighted by Crippen LogP contribution is -2.23. The monoisotopic (exact) mass is 533 g/mol. The number of carboxylic acid groups (broad SMARTS) is 1. The molecule has 3 nitrogen and oxygen atoms in total. The van der Waals surface area contributed by atoms with Crippen molar-refractivity contribution in [1.82, 2.24) is 4.90 Å². The van der Waals surface area contributed by atoms with E-state index in [1.54, 1.807) is 18.2 Å². The number of rotatable bonds is 8. The minimum atomic E-state index is -2.25. The standard InChI is InChI=1S/C33H34F3NO2/c1-21-17-27(34)10-12-28(21)30-4-2-3-25-19-26(33(38)39)9-11-29(25)32(30)24-7-5-22(6-8-24)18-23-13-15-37(20-23)16-14-31(35)36/h5-12,17,19,23,31H,2-4,13-16,18,20H2,1H3,(H,38,39). The number of hydrogen-bond donors (Lipinski definition) is 1. The smallest absolute Gasteiger partial charge is 0.335 e. The predicted molar refractivity (Wildman–Crippen MR) is 149 cm³/mol. The number of benzene rings is 3. The fourth-order valence-corrected chi connectivity index (χ4v) is 6.19. The van der Waals surface area contributed by atoms with E-state index in [1.165, 1.54) is 11.6 Å². The first-order valence-corrected chi connectivity index (χ1v) is 13.7. The van der Waals surface area contributed by atoms with Gasteiger partial charge in [-0.15, -0.1) is 0 Å². The lowest BCUT2D eigenvalue weighted by molar-refractivity contribution is 0.0696. The van der Waals surface area contributed by atoms with Gasteiger partial charge in [-0.3, -0.25) is 0 Å². The largest absolute Gasteiger partial charge is 0.478 e. The van der Waals surface area contributed by atoms with E-state index in [4.69, 9.17) is 0 Å². The third-order valence-electron chi connectivity index (χ3n) is 8.11. The van der Waals surface area contributed by atoms with Crippen LogP contribution in [0.5, 0.6) is 0 Å². The maximum atomic E-state index is 14.0. The summed E-state index contributed by atoms with van der Waals surface area (Å²) in [5.41, 5.74) is 8.69. The van der Waals surface area contributed by atoms with Crippen molar-refractivity contribution in [2.45, 2.75) is 51.9 Å². The maximum absolute atomic E-state index is 14.0. The summed E-state index contributed by atoms with van der Waals surface area (Å²) in [5.74, 6) is -0.744. The van der Waals surface area contributed by atoms with Crippen LogP contribution in [0.15, 0.2) is 60.7 Å². The first kappa shape index (κ1) is 27.2. The normalized spacial score (nSPS) is 17.9. The van der Waals surface area contributed by atoms with Crippen molar-refractivity contribution < 1.29 is 23.1 Å². The zero-order chi connectivity index (χ0) is 27.5. The fraction of sp³-hybridized carbons (Fsp3) is 0.364. The average Bonchev–Trinajstić information content (AvgIpc) is 3.26. The predicted octanol–water partition coefficient (Wildman–Crippen LogP) is 7.65. The highest BCUT2D eigenvalue weighted by Crippen LogP contribution is 2.41. The summed E-state index contributed by atoms with van der Waals surface area (Å²) in [5, 5.41) is 9.57. The molecular formula is C33H34F3NO2. The molecular weight excluding hydrogens is 499 g/mol. The second-order valence-electron chi connectivity index (χ2n) is 10.9. The molecule has 2 aliphatic rings. The van der Waals surface area contributed by atoms with Crippen molar-refractivity contribution in [3.8, 4) is 0 Å². The van der Waals surface area contributed by atoms with Gasteiger partial charge in [-0.2, -0.15) is 0 Å². The minimum Gasteiger partial charge on any atom is -0.478 e. The van der Waals surface area contributed by atoms with Gasteiger partial charge in [0, 0.05) is 19.5 Å². The number of aromatic carboxylic acids is 1. The highest BCUT2D eigenvalue weighted by molar-refractivity contribution is 6.01. The summed E-state index contributed by atoms with van der Waals surface area (Å²) in [6.07, 6.45) is 2.05. The van der Waals surface area contributed by atoms with Crippen molar-refractivity contribution in [3.05, 3.63) is 105 Å². The number of nitrogens with zero attached hydrogens (tertiary/aromatic N) is 1. The van der Waals surface area contributed by atoms with Crippen LogP contribution in [0.1, 0.15) is 69.4 Å². The van der Waals surface area contributed by atoms with Gasteiger partial charge in [0.15, 0.2) is 0 Å². The number of halogens is 3. The van der Waals surface area contributed by atoms with Crippen LogP contribution < -0.4 is 0 Å². The first-order valence-electron chi connectivity index (χ1n) is 13.7. The number of hydrogen-bond acceptors (Lipinski definition) is 2. The van der Waals surface area contributed by atoms with E-state index in [0.29, 0.717) is 12.5 Å². The summed E-state index contributed by atoms with van der Waals surface area (Å²) >= 11 is 0. The zero-order valence-electron chi connectivity index (χ0n) is 22.2. The van der Waals surface area contributed by atoms with E-state index in [1.807, 2.05) is 19.1 Å². The highest BCUT2D eigenvalue weighted by atomic mass is 19.3. The fourth-order valence-electron chi connectivity index (χ4n) is 6.19. The van der Waals surface area contributed by atoms with Crippen LogP contribution in [0.3, 0.4) is 0 Å². The molecule has 1 aliphatic heterocycles. The molecule has 0 aromatic heterocycles. The van der Waals surface area contributed by atoms with Crippen molar-refractivity contribution >= 4 is 17.1 Å². The Morgan fingerprint density at radius 1 is 1.03 bits per heavy atom. The highest BCUT2D eigenvalue weighted by Gasteiger charge is 2.25. The van der Waals surface area contributed by atoms with Crippen LogP contribution in [0, 0.1) is 18.7 Å². The maximum Gasteiger partial charge on any atom is 0.335 e. The Labute approximate surface area is 228 Å². The summed E-state index contributed by atoms with van der Waals surface area (Å²) in [7, 11) is 0. The van der Waals surface area contributed by atoms with Gasteiger partial charge in [-0.25, -0.2) is 18.0 Å². The molecule has 0 amide bonds. The van der Waals surface area contributed by atoms with E-state index in [-0.39, 0.29) is 17.8 Å². The number of fused-ring (bicyclic) bond motifs is 1. The number of alkyl halides is 2. The Kier molecular flexibility index (Phi) is 8.22. The zero-order valence-corrected chi connectivity index (χ0v) is 22.2. The number of likely N-dealkylation sites (tertiary alicyclic amines) is 1. The van der Waals surface area contributed by atoms with Gasteiger partial charge in [-0.1, -0.05) is 36.4 Å². The summed E-state index contributed by atoms with van der Waals surface area (Å²) < 4.78 is 39.2. The van der Waals surface area contributed by atoms with Crippen molar-refractivity contribution in [1.29, 1.82) is 0 Å². The van der Waals surface area contributed by atoms with Gasteiger partial charge < -0.3 is 10.0 Å².